The van der Waals surface area contributed by atoms with Crippen LogP contribution in [0.15, 0.2) is 42.5 Å². The van der Waals surface area contributed by atoms with Gasteiger partial charge in [0.15, 0.2) is 11.5 Å². The monoisotopic (exact) mass is 576 g/mol. The third kappa shape index (κ3) is 5.67. The van der Waals surface area contributed by atoms with Crippen LogP contribution in [0.5, 0.6) is 17.2 Å². The molecule has 226 valence electrons. The summed E-state index contributed by atoms with van der Waals surface area (Å²) in [7, 11) is 4.79. The number of hydrogen-bond donors (Lipinski definition) is 1. The average molecular weight is 577 g/mol. The van der Waals surface area contributed by atoms with Crippen molar-refractivity contribution >= 4 is 22.7 Å². The number of piperidine rings is 1. The van der Waals surface area contributed by atoms with E-state index in [4.69, 9.17) is 14.2 Å². The van der Waals surface area contributed by atoms with Crippen molar-refractivity contribution in [1.82, 2.24) is 19.7 Å². The molecular weight excluding hydrogens is 532 g/mol. The molecular formula is C33H44N4O5. The van der Waals surface area contributed by atoms with E-state index in [9.17, 15) is 9.59 Å². The van der Waals surface area contributed by atoms with E-state index >= 15 is 0 Å². The van der Waals surface area contributed by atoms with E-state index in [1.807, 2.05) is 54.0 Å². The zero-order chi connectivity index (χ0) is 30.0. The van der Waals surface area contributed by atoms with E-state index in [-0.39, 0.29) is 18.4 Å². The van der Waals surface area contributed by atoms with Crippen molar-refractivity contribution in [3.63, 3.8) is 0 Å². The standard InChI is InChI=1S/C33H44N4O5/c1-22-15-23(2)19-35(18-22)14-8-13-34-32(39)33(3)21-36-27-17-26(40-4)12-11-24(27)16-28(36)31(38)37(33)20-25-9-7-10-29(41-5)30(25)42-6/h7,9-12,16-17,22-23H,8,13-15,18-21H2,1-6H3,(H,34,39)/t22-,23-,33-/m1/s1. The van der Waals surface area contributed by atoms with E-state index in [1.165, 1.54) is 6.42 Å². The summed E-state index contributed by atoms with van der Waals surface area (Å²) in [6.45, 7) is 10.7. The molecule has 0 radical (unpaired) electrons. The van der Waals surface area contributed by atoms with Crippen molar-refractivity contribution in [2.45, 2.75) is 52.2 Å². The Labute approximate surface area is 248 Å². The smallest absolute Gasteiger partial charge is 0.271 e. The van der Waals surface area contributed by atoms with Crippen LogP contribution in [0.2, 0.25) is 0 Å². The second-order valence-electron chi connectivity index (χ2n) is 12.2. The predicted octanol–water partition coefficient (Wildman–Crippen LogP) is 4.57. The Hall–Kier alpha value is -3.72. The van der Waals surface area contributed by atoms with Gasteiger partial charge in [-0.15, -0.1) is 0 Å². The molecule has 2 aliphatic heterocycles. The van der Waals surface area contributed by atoms with Gasteiger partial charge in [-0.3, -0.25) is 9.59 Å². The van der Waals surface area contributed by atoms with Crippen molar-refractivity contribution < 1.29 is 23.8 Å². The van der Waals surface area contributed by atoms with Crippen molar-refractivity contribution in [3.8, 4) is 17.2 Å². The number of fused-ring (bicyclic) bond motifs is 3. The van der Waals surface area contributed by atoms with E-state index in [1.54, 1.807) is 26.2 Å². The summed E-state index contributed by atoms with van der Waals surface area (Å²) >= 11 is 0. The minimum absolute atomic E-state index is 0.173. The molecule has 1 fully saturated rings. The molecule has 1 N–H and O–H groups in total. The maximum atomic E-state index is 14.2. The molecule has 5 rings (SSSR count). The SMILES string of the molecule is COc1ccc2cc3n(c2c1)C[C@](C)(C(=O)NCCCN1C[C@H](C)C[C@@H](C)C1)N(Cc1cccc(OC)c1OC)C3=O. The Kier molecular flexibility index (Phi) is 8.68. The molecule has 9 nitrogen and oxygen atoms in total. The maximum Gasteiger partial charge on any atom is 0.271 e. The molecule has 2 amide bonds. The molecule has 0 aliphatic carbocycles. The van der Waals surface area contributed by atoms with Gasteiger partial charge in [-0.1, -0.05) is 26.0 Å². The van der Waals surface area contributed by atoms with Crippen LogP contribution in [0.3, 0.4) is 0 Å². The molecule has 0 unspecified atom stereocenters. The highest BCUT2D eigenvalue weighted by Crippen LogP contribution is 2.38. The second-order valence-corrected chi connectivity index (χ2v) is 12.2. The first-order chi connectivity index (χ1) is 20.2. The molecule has 0 bridgehead atoms. The number of rotatable bonds is 10. The van der Waals surface area contributed by atoms with Gasteiger partial charge in [0.05, 0.1) is 39.9 Å². The van der Waals surface area contributed by atoms with Gasteiger partial charge in [0.1, 0.15) is 17.0 Å². The van der Waals surface area contributed by atoms with Crippen LogP contribution in [0.4, 0.5) is 0 Å². The quantitative estimate of drug-likeness (QED) is 0.356. The van der Waals surface area contributed by atoms with Gasteiger partial charge in [0.2, 0.25) is 5.91 Å². The Bertz CT molecular complexity index is 1440. The lowest BCUT2D eigenvalue weighted by atomic mass is 9.92. The Morgan fingerprint density at radius 1 is 1.02 bits per heavy atom. The summed E-state index contributed by atoms with van der Waals surface area (Å²) in [6, 6.07) is 13.2. The summed E-state index contributed by atoms with van der Waals surface area (Å²) in [6.07, 6.45) is 2.13. The number of carbonyl (C=O) groups excluding carboxylic acids is 2. The van der Waals surface area contributed by atoms with E-state index < -0.39 is 5.54 Å². The Balaban J connectivity index is 1.43. The molecule has 1 saturated heterocycles. The fourth-order valence-electron chi connectivity index (χ4n) is 6.82. The van der Waals surface area contributed by atoms with Crippen LogP contribution >= 0.6 is 0 Å². The van der Waals surface area contributed by atoms with Gasteiger partial charge < -0.3 is 33.9 Å². The topological polar surface area (TPSA) is 85.3 Å². The van der Waals surface area contributed by atoms with Crippen molar-refractivity contribution in [1.29, 1.82) is 0 Å². The number of amides is 2. The van der Waals surface area contributed by atoms with Crippen LogP contribution in [0, 0.1) is 11.8 Å². The van der Waals surface area contributed by atoms with Crippen LogP contribution in [-0.2, 0) is 17.9 Å². The molecule has 1 aromatic heterocycles. The summed E-state index contributed by atoms with van der Waals surface area (Å²) < 4.78 is 18.6. The first-order valence-corrected chi connectivity index (χ1v) is 14.9. The number of para-hydroxylation sites is 1. The van der Waals surface area contributed by atoms with Crippen LogP contribution in [0.1, 0.15) is 49.7 Å². The lowest BCUT2D eigenvalue weighted by Gasteiger charge is -2.44. The van der Waals surface area contributed by atoms with Gasteiger partial charge in [-0.25, -0.2) is 0 Å². The third-order valence-corrected chi connectivity index (χ3v) is 8.82. The molecule has 42 heavy (non-hydrogen) atoms. The summed E-state index contributed by atoms with van der Waals surface area (Å²) in [4.78, 5) is 32.5. The Morgan fingerprint density at radius 3 is 2.48 bits per heavy atom. The fourth-order valence-corrected chi connectivity index (χ4v) is 6.82. The molecule has 0 spiro atoms. The number of methoxy groups -OCH3 is 3. The van der Waals surface area contributed by atoms with Gasteiger partial charge in [0.25, 0.3) is 5.91 Å². The highest BCUT2D eigenvalue weighted by molar-refractivity contribution is 6.03. The molecule has 2 aliphatic rings. The zero-order valence-electron chi connectivity index (χ0n) is 25.7. The maximum absolute atomic E-state index is 14.2. The number of hydrogen-bond acceptors (Lipinski definition) is 6. The summed E-state index contributed by atoms with van der Waals surface area (Å²) in [5, 5.41) is 4.11. The number of nitrogens with one attached hydrogen (secondary N) is 1. The predicted molar refractivity (Wildman–Crippen MR) is 163 cm³/mol. The van der Waals surface area contributed by atoms with Crippen molar-refractivity contribution in [2.24, 2.45) is 11.8 Å². The molecule has 3 aromatic rings. The van der Waals surface area contributed by atoms with Gasteiger partial charge in [-0.05, 0) is 62.4 Å². The van der Waals surface area contributed by atoms with Gasteiger partial charge in [-0.2, -0.15) is 0 Å². The van der Waals surface area contributed by atoms with Crippen LogP contribution < -0.4 is 19.5 Å². The largest absolute Gasteiger partial charge is 0.497 e. The third-order valence-electron chi connectivity index (χ3n) is 8.82. The van der Waals surface area contributed by atoms with Gasteiger partial charge in [0, 0.05) is 36.7 Å². The molecule has 0 saturated carbocycles. The number of carbonyl (C=O) groups is 2. The normalized spacial score (nSPS) is 22.6. The lowest BCUT2D eigenvalue weighted by molar-refractivity contribution is -0.133. The van der Waals surface area contributed by atoms with Gasteiger partial charge >= 0.3 is 0 Å². The number of likely N-dealkylation sites (tertiary alicyclic amines) is 1. The highest BCUT2D eigenvalue weighted by Gasteiger charge is 2.48. The van der Waals surface area contributed by atoms with E-state index in [0.29, 0.717) is 47.9 Å². The van der Waals surface area contributed by atoms with Crippen molar-refractivity contribution in [2.75, 3.05) is 47.5 Å². The second kappa shape index (κ2) is 12.3. The van der Waals surface area contributed by atoms with Crippen LogP contribution in [-0.4, -0.2) is 79.2 Å². The summed E-state index contributed by atoms with van der Waals surface area (Å²) in [5.41, 5.74) is 1.02. The van der Waals surface area contributed by atoms with Crippen molar-refractivity contribution in [3.05, 3.63) is 53.7 Å². The highest BCUT2D eigenvalue weighted by atomic mass is 16.5. The molecule has 3 atom stereocenters. The Morgan fingerprint density at radius 2 is 1.79 bits per heavy atom. The first-order valence-electron chi connectivity index (χ1n) is 14.9. The number of aromatic nitrogens is 1. The van der Waals surface area contributed by atoms with E-state index in [0.717, 1.165) is 42.5 Å². The minimum Gasteiger partial charge on any atom is -0.497 e. The fraction of sp³-hybridized carbons (Fsp3) is 0.515. The first kappa shape index (κ1) is 29.8. The van der Waals surface area contributed by atoms with E-state index in [2.05, 4.69) is 24.1 Å². The lowest BCUT2D eigenvalue weighted by Crippen LogP contribution is -2.63. The molecule has 3 heterocycles. The van der Waals surface area contributed by atoms with Crippen LogP contribution in [0.25, 0.3) is 10.9 Å². The molecule has 9 heteroatoms. The minimum atomic E-state index is -1.15. The summed E-state index contributed by atoms with van der Waals surface area (Å²) in [5.74, 6) is 2.84. The number of nitrogens with zero attached hydrogens (tertiary/aromatic N) is 3. The number of ether oxygens (including phenoxy) is 3. The number of benzene rings is 2. The zero-order valence-corrected chi connectivity index (χ0v) is 25.7. The molecule has 2 aromatic carbocycles. The average Bonchev–Trinajstić information content (AvgIpc) is 3.34.